The highest BCUT2D eigenvalue weighted by atomic mass is 16.5. The van der Waals surface area contributed by atoms with Crippen molar-refractivity contribution in [2.45, 2.75) is 39.0 Å². The molecule has 156 valence electrons. The first-order chi connectivity index (χ1) is 14.2. The molecule has 0 aliphatic rings. The van der Waals surface area contributed by atoms with Crippen LogP contribution in [0.2, 0.25) is 0 Å². The lowest BCUT2D eigenvalue weighted by atomic mass is 9.96. The molecule has 0 aliphatic carbocycles. The molecule has 30 heavy (non-hydrogen) atoms. The van der Waals surface area contributed by atoms with Gasteiger partial charge in [-0.1, -0.05) is 6.07 Å². The summed E-state index contributed by atoms with van der Waals surface area (Å²) >= 11 is 0. The second-order valence-electron chi connectivity index (χ2n) is 8.24. The first-order valence-corrected chi connectivity index (χ1v) is 9.89. The molecule has 1 unspecified atom stereocenters. The molecule has 1 N–H and O–H groups in total. The first-order valence-electron chi connectivity index (χ1n) is 9.89. The van der Waals surface area contributed by atoms with E-state index in [4.69, 9.17) is 4.74 Å². The lowest BCUT2D eigenvalue weighted by Gasteiger charge is -2.18. The Morgan fingerprint density at radius 1 is 1.17 bits per heavy atom. The summed E-state index contributed by atoms with van der Waals surface area (Å²) in [5.74, 6) is 0. The van der Waals surface area contributed by atoms with E-state index in [1.54, 1.807) is 55.7 Å². The van der Waals surface area contributed by atoms with Crippen LogP contribution in [0, 0.1) is 0 Å². The molecule has 7 nitrogen and oxygen atoms in total. The fourth-order valence-corrected chi connectivity index (χ4v) is 3.69. The monoisotopic (exact) mass is 406 g/mol. The normalized spacial score (nSPS) is 13.3. The minimum absolute atomic E-state index is 0.0979. The lowest BCUT2D eigenvalue weighted by Crippen LogP contribution is -2.27. The Labute approximate surface area is 174 Å². The molecule has 4 aromatic rings. The third-order valence-corrected chi connectivity index (χ3v) is 5.59. The van der Waals surface area contributed by atoms with Gasteiger partial charge in [0.05, 0.1) is 41.0 Å². The van der Waals surface area contributed by atoms with Crippen molar-refractivity contribution in [3.63, 3.8) is 0 Å². The van der Waals surface area contributed by atoms with Crippen molar-refractivity contribution in [1.82, 2.24) is 19.1 Å². The number of hydrogen-bond donors (Lipinski definition) is 1. The van der Waals surface area contributed by atoms with Crippen LogP contribution in [0.1, 0.15) is 26.3 Å². The smallest absolute Gasteiger partial charge is 0.328 e. The number of benzene rings is 1. The van der Waals surface area contributed by atoms with Crippen molar-refractivity contribution < 1.29 is 9.84 Å². The van der Waals surface area contributed by atoms with E-state index in [1.807, 2.05) is 31.2 Å². The van der Waals surface area contributed by atoms with Crippen LogP contribution in [0.25, 0.3) is 33.1 Å². The van der Waals surface area contributed by atoms with Gasteiger partial charge in [-0.25, -0.2) is 4.79 Å². The van der Waals surface area contributed by atoms with Crippen LogP contribution < -0.4 is 5.69 Å². The number of rotatable bonds is 5. The highest BCUT2D eigenvalue weighted by Crippen LogP contribution is 2.30. The summed E-state index contributed by atoms with van der Waals surface area (Å²) in [4.78, 5) is 21.8. The average molecular weight is 406 g/mol. The molecule has 1 aromatic carbocycles. The van der Waals surface area contributed by atoms with E-state index in [2.05, 4.69) is 9.97 Å². The Hall–Kier alpha value is -3.03. The fourth-order valence-electron chi connectivity index (χ4n) is 3.69. The Bertz CT molecular complexity index is 1300. The van der Waals surface area contributed by atoms with Crippen LogP contribution in [-0.2, 0) is 23.9 Å². The highest BCUT2D eigenvalue weighted by Gasteiger charge is 2.19. The zero-order chi connectivity index (χ0) is 21.6. The number of aliphatic hydroxyl groups is 1. The van der Waals surface area contributed by atoms with Gasteiger partial charge in [0, 0.05) is 43.1 Å². The summed E-state index contributed by atoms with van der Waals surface area (Å²) in [7, 11) is 3.40. The predicted molar refractivity (Wildman–Crippen MR) is 117 cm³/mol. The minimum atomic E-state index is -0.981. The second-order valence-corrected chi connectivity index (χ2v) is 8.24. The summed E-state index contributed by atoms with van der Waals surface area (Å²) in [6, 6.07) is 7.90. The van der Waals surface area contributed by atoms with Crippen molar-refractivity contribution in [1.29, 1.82) is 0 Å². The summed E-state index contributed by atoms with van der Waals surface area (Å²) in [6.45, 7) is 5.86. The summed E-state index contributed by atoms with van der Waals surface area (Å²) in [5, 5.41) is 11.2. The molecule has 4 rings (SSSR count). The molecule has 3 heterocycles. The van der Waals surface area contributed by atoms with E-state index >= 15 is 0 Å². The number of aryl methyl sites for hydroxylation is 1. The van der Waals surface area contributed by atoms with Gasteiger partial charge in [0.1, 0.15) is 0 Å². The first kappa shape index (κ1) is 20.3. The van der Waals surface area contributed by atoms with E-state index < -0.39 is 5.60 Å². The van der Waals surface area contributed by atoms with Gasteiger partial charge in [0.15, 0.2) is 0 Å². The van der Waals surface area contributed by atoms with Crippen molar-refractivity contribution in [2.75, 3.05) is 7.11 Å². The van der Waals surface area contributed by atoms with Gasteiger partial charge < -0.3 is 9.84 Å². The number of aromatic nitrogens is 4. The minimum Gasteiger partial charge on any atom is -0.386 e. The molecule has 0 aliphatic heterocycles. The van der Waals surface area contributed by atoms with Crippen LogP contribution in [0.3, 0.4) is 0 Å². The largest absolute Gasteiger partial charge is 0.386 e. The molecular formula is C23H26N4O3. The quantitative estimate of drug-likeness (QED) is 0.550. The van der Waals surface area contributed by atoms with Crippen LogP contribution in [0.5, 0.6) is 0 Å². The Kier molecular flexibility index (Phi) is 4.95. The third kappa shape index (κ3) is 3.40. The highest BCUT2D eigenvalue weighted by molar-refractivity contribution is 6.04. The summed E-state index contributed by atoms with van der Waals surface area (Å²) in [6.07, 6.45) is 5.08. The maximum atomic E-state index is 12.9. The molecule has 0 radical (unpaired) electrons. The number of imidazole rings is 1. The topological polar surface area (TPSA) is 82.2 Å². The maximum absolute atomic E-state index is 12.9. The number of fused-ring (bicyclic) bond motifs is 3. The number of nitrogens with zero attached hydrogens (tertiary/aromatic N) is 4. The van der Waals surface area contributed by atoms with Gasteiger partial charge in [0.2, 0.25) is 0 Å². The molecule has 1 atom stereocenters. The molecule has 0 bridgehead atoms. The molecule has 0 fully saturated rings. The van der Waals surface area contributed by atoms with E-state index in [0.717, 1.165) is 38.6 Å². The number of pyridine rings is 2. The number of ether oxygens (including phenoxy) is 1. The molecule has 0 saturated carbocycles. The van der Waals surface area contributed by atoms with Gasteiger partial charge in [-0.2, -0.15) is 0 Å². The van der Waals surface area contributed by atoms with Crippen LogP contribution in [0.4, 0.5) is 0 Å². The second kappa shape index (κ2) is 7.34. The van der Waals surface area contributed by atoms with Gasteiger partial charge in [-0.05, 0) is 44.5 Å². The lowest BCUT2D eigenvalue weighted by molar-refractivity contribution is 0.0783. The van der Waals surface area contributed by atoms with Crippen LogP contribution in [0.15, 0.2) is 47.7 Å². The molecule has 0 saturated heterocycles. The van der Waals surface area contributed by atoms with E-state index in [1.165, 1.54) is 0 Å². The number of hydrogen-bond acceptors (Lipinski definition) is 5. The zero-order valence-electron chi connectivity index (χ0n) is 17.9. The summed E-state index contributed by atoms with van der Waals surface area (Å²) < 4.78 is 8.77. The maximum Gasteiger partial charge on any atom is 0.328 e. The van der Waals surface area contributed by atoms with Gasteiger partial charge in [0.25, 0.3) is 0 Å². The fraction of sp³-hybridized carbons (Fsp3) is 0.348. The molecule has 0 amide bonds. The van der Waals surface area contributed by atoms with E-state index in [0.29, 0.717) is 6.54 Å². The Morgan fingerprint density at radius 3 is 2.63 bits per heavy atom. The average Bonchev–Trinajstić information content (AvgIpc) is 2.97. The van der Waals surface area contributed by atoms with Gasteiger partial charge >= 0.3 is 5.69 Å². The third-order valence-electron chi connectivity index (χ3n) is 5.59. The van der Waals surface area contributed by atoms with Crippen molar-refractivity contribution in [3.8, 4) is 11.1 Å². The summed E-state index contributed by atoms with van der Waals surface area (Å²) in [5.41, 5.74) is 3.91. The van der Waals surface area contributed by atoms with E-state index in [9.17, 15) is 9.90 Å². The van der Waals surface area contributed by atoms with Gasteiger partial charge in [-0.3, -0.25) is 19.1 Å². The molecule has 0 spiro atoms. The predicted octanol–water partition coefficient (Wildman–Crippen LogP) is 3.21. The molecule has 3 aromatic heterocycles. The van der Waals surface area contributed by atoms with Crippen molar-refractivity contribution in [3.05, 3.63) is 58.9 Å². The van der Waals surface area contributed by atoms with Crippen LogP contribution in [-0.4, -0.2) is 37.4 Å². The molecule has 7 heteroatoms. The van der Waals surface area contributed by atoms with Crippen LogP contribution >= 0.6 is 0 Å². The Balaban J connectivity index is 1.97. The van der Waals surface area contributed by atoms with E-state index in [-0.39, 0.29) is 11.8 Å². The zero-order valence-corrected chi connectivity index (χ0v) is 17.9. The van der Waals surface area contributed by atoms with Crippen molar-refractivity contribution >= 4 is 21.9 Å². The van der Waals surface area contributed by atoms with Crippen molar-refractivity contribution in [2.24, 2.45) is 7.05 Å². The standard InChI is InChI=1S/C23H26N4O3/c1-14(30-5)13-27-21-18-9-15(16-8-17(11-24-10-16)23(2,3)29)6-7-19(18)25-12-20(21)26(4)22(27)28/h6-12,14,29H,13H2,1-5H3. The SMILES string of the molecule is COC(C)Cn1c(=O)n(C)c2cnc3ccc(-c4cncc(C(C)(C)O)c4)cc3c21. The number of methoxy groups -OCH3 is 1. The Morgan fingerprint density at radius 2 is 1.93 bits per heavy atom. The van der Waals surface area contributed by atoms with Gasteiger partial charge in [-0.15, -0.1) is 0 Å². The molecular weight excluding hydrogens is 380 g/mol.